The van der Waals surface area contributed by atoms with Crippen molar-refractivity contribution in [3.05, 3.63) is 46.3 Å². The summed E-state index contributed by atoms with van der Waals surface area (Å²) in [6.07, 6.45) is 13.6. The molecular weight excluding hydrogens is 390 g/mol. The molecule has 162 valence electrons. The lowest BCUT2D eigenvalue weighted by molar-refractivity contribution is -0.116. The van der Waals surface area contributed by atoms with Gasteiger partial charge in [0.15, 0.2) is 0 Å². The molecule has 8 nitrogen and oxygen atoms in total. The van der Waals surface area contributed by atoms with Crippen LogP contribution in [0.4, 0.5) is 0 Å². The Morgan fingerprint density at radius 3 is 2.77 bits per heavy atom. The minimum atomic E-state index is -0.233. The first-order chi connectivity index (χ1) is 15.2. The zero-order valence-corrected chi connectivity index (χ0v) is 18.0. The van der Waals surface area contributed by atoms with Crippen molar-refractivity contribution in [2.24, 2.45) is 5.10 Å². The number of carbonyl (C=O) groups excluding carboxylic acids is 1. The van der Waals surface area contributed by atoms with E-state index in [-0.39, 0.29) is 5.91 Å². The van der Waals surface area contributed by atoms with Crippen molar-refractivity contribution in [1.29, 1.82) is 0 Å². The Morgan fingerprint density at radius 1 is 1.19 bits per heavy atom. The molecule has 2 N–H and O–H groups in total. The third-order valence-electron chi connectivity index (χ3n) is 6.48. The van der Waals surface area contributed by atoms with E-state index in [4.69, 9.17) is 0 Å². The van der Waals surface area contributed by atoms with E-state index in [0.29, 0.717) is 23.0 Å². The van der Waals surface area contributed by atoms with Gasteiger partial charge in [-0.25, -0.2) is 10.4 Å². The van der Waals surface area contributed by atoms with E-state index in [0.717, 1.165) is 12.1 Å². The van der Waals surface area contributed by atoms with E-state index in [9.17, 15) is 4.79 Å². The molecule has 0 bridgehead atoms. The van der Waals surface area contributed by atoms with Crippen molar-refractivity contribution < 1.29 is 4.79 Å². The molecule has 2 aliphatic heterocycles. The number of amides is 1. The molecule has 0 atom stereocenters. The van der Waals surface area contributed by atoms with Crippen LogP contribution in [0.3, 0.4) is 0 Å². The zero-order chi connectivity index (χ0) is 21.2. The Morgan fingerprint density at radius 2 is 2.03 bits per heavy atom. The van der Waals surface area contributed by atoms with Crippen LogP contribution in [-0.4, -0.2) is 56.3 Å². The normalized spacial score (nSPS) is 20.5. The standard InChI is InChI=1S/C23H29N7O/c1-15-17(6-2-3-11-30-12-4-5-13-30)20(16-7-8-16)19(26-15)14-18-21(27-29-23(18)31)22-24-9-10-25-28-22/h9-10,14,16,26H,2-8,11-13H2,1H3,(H,29,31)/b18-14+. The van der Waals surface area contributed by atoms with E-state index >= 15 is 0 Å². The second kappa shape index (κ2) is 8.70. The quantitative estimate of drug-likeness (QED) is 0.506. The number of nitrogens with zero attached hydrogens (tertiary/aromatic N) is 5. The minimum Gasteiger partial charge on any atom is -0.359 e. The molecule has 0 unspecified atom stereocenters. The van der Waals surface area contributed by atoms with Crippen LogP contribution < -0.4 is 5.43 Å². The number of aryl methyl sites for hydroxylation is 1. The van der Waals surface area contributed by atoms with Crippen LogP contribution in [0.15, 0.2) is 23.1 Å². The smallest absolute Gasteiger partial charge is 0.273 e. The summed E-state index contributed by atoms with van der Waals surface area (Å²) in [4.78, 5) is 22.9. The number of hydrogen-bond acceptors (Lipinski definition) is 6. The van der Waals surface area contributed by atoms with Gasteiger partial charge in [0, 0.05) is 17.6 Å². The number of aromatic nitrogens is 4. The summed E-state index contributed by atoms with van der Waals surface area (Å²) < 4.78 is 0. The number of hydrazone groups is 1. The Hall–Kier alpha value is -2.87. The fourth-order valence-corrected chi connectivity index (χ4v) is 4.77. The average Bonchev–Trinajstić information content (AvgIpc) is 3.21. The van der Waals surface area contributed by atoms with Gasteiger partial charge in [-0.05, 0) is 94.6 Å². The van der Waals surface area contributed by atoms with Gasteiger partial charge in [-0.3, -0.25) is 4.79 Å². The van der Waals surface area contributed by atoms with Gasteiger partial charge in [-0.2, -0.15) is 10.2 Å². The summed E-state index contributed by atoms with van der Waals surface area (Å²) in [7, 11) is 0. The van der Waals surface area contributed by atoms with E-state index in [1.165, 1.54) is 81.2 Å². The largest absolute Gasteiger partial charge is 0.359 e. The molecule has 2 aromatic heterocycles. The predicted octanol–water partition coefficient (Wildman–Crippen LogP) is 2.72. The SMILES string of the molecule is Cc1[nH]c(/C=C2/C(=O)NN=C2c2nccnn2)c(C2CC2)c1CCCCN1CCCC1. The highest BCUT2D eigenvalue weighted by molar-refractivity contribution is 6.32. The molecule has 5 rings (SSSR count). The number of H-pyrrole nitrogens is 1. The van der Waals surface area contributed by atoms with E-state index < -0.39 is 0 Å². The summed E-state index contributed by atoms with van der Waals surface area (Å²) in [6.45, 7) is 5.89. The highest BCUT2D eigenvalue weighted by atomic mass is 16.2. The van der Waals surface area contributed by atoms with Gasteiger partial charge in [-0.1, -0.05) is 0 Å². The van der Waals surface area contributed by atoms with Gasteiger partial charge in [-0.15, -0.1) is 5.10 Å². The molecule has 4 heterocycles. The van der Waals surface area contributed by atoms with E-state index in [1.807, 2.05) is 6.08 Å². The molecular formula is C23H29N7O. The van der Waals surface area contributed by atoms with Crippen molar-refractivity contribution >= 4 is 17.7 Å². The molecule has 0 aromatic carbocycles. The number of nitrogens with one attached hydrogen (secondary N) is 2. The highest BCUT2D eigenvalue weighted by Crippen LogP contribution is 2.45. The number of unbranched alkanes of at least 4 members (excludes halogenated alkanes) is 1. The first-order valence-corrected chi connectivity index (χ1v) is 11.4. The Balaban J connectivity index is 1.37. The van der Waals surface area contributed by atoms with Crippen LogP contribution in [0.5, 0.6) is 0 Å². The van der Waals surface area contributed by atoms with Gasteiger partial charge in [0.25, 0.3) is 5.91 Å². The van der Waals surface area contributed by atoms with Crippen LogP contribution in [-0.2, 0) is 11.2 Å². The number of hydrogen-bond donors (Lipinski definition) is 2. The number of rotatable bonds is 8. The van der Waals surface area contributed by atoms with Gasteiger partial charge in [0.2, 0.25) is 5.82 Å². The maximum Gasteiger partial charge on any atom is 0.273 e. The van der Waals surface area contributed by atoms with Gasteiger partial charge >= 0.3 is 0 Å². The molecule has 1 amide bonds. The molecule has 1 aliphatic carbocycles. The number of carbonyl (C=O) groups is 1. The third kappa shape index (κ3) is 4.30. The molecule has 31 heavy (non-hydrogen) atoms. The molecule has 0 radical (unpaired) electrons. The third-order valence-corrected chi connectivity index (χ3v) is 6.48. The molecule has 3 aliphatic rings. The van der Waals surface area contributed by atoms with Crippen molar-refractivity contribution in [3.8, 4) is 0 Å². The maximum absolute atomic E-state index is 12.5. The van der Waals surface area contributed by atoms with Crippen LogP contribution in [0.25, 0.3) is 6.08 Å². The average molecular weight is 420 g/mol. The molecule has 8 heteroatoms. The lowest BCUT2D eigenvalue weighted by Gasteiger charge is -2.14. The first kappa shape index (κ1) is 20.1. The summed E-state index contributed by atoms with van der Waals surface area (Å²) in [5.41, 5.74) is 8.53. The van der Waals surface area contributed by atoms with Crippen LogP contribution >= 0.6 is 0 Å². The van der Waals surface area contributed by atoms with Crippen LogP contribution in [0.1, 0.15) is 72.8 Å². The fraction of sp³-hybridized carbons (Fsp3) is 0.522. The lowest BCUT2D eigenvalue weighted by atomic mass is 9.97. The lowest BCUT2D eigenvalue weighted by Crippen LogP contribution is -2.20. The second-order valence-electron chi connectivity index (χ2n) is 8.76. The maximum atomic E-state index is 12.5. The number of aromatic amines is 1. The van der Waals surface area contributed by atoms with Crippen LogP contribution in [0.2, 0.25) is 0 Å². The fourth-order valence-electron chi connectivity index (χ4n) is 4.77. The molecule has 1 saturated carbocycles. The summed E-state index contributed by atoms with van der Waals surface area (Å²) >= 11 is 0. The van der Waals surface area contributed by atoms with Crippen molar-refractivity contribution in [3.63, 3.8) is 0 Å². The minimum absolute atomic E-state index is 0.233. The van der Waals surface area contributed by atoms with Crippen molar-refractivity contribution in [1.82, 2.24) is 30.5 Å². The predicted molar refractivity (Wildman–Crippen MR) is 119 cm³/mol. The highest BCUT2D eigenvalue weighted by Gasteiger charge is 2.32. The Labute approximate surface area is 182 Å². The number of likely N-dealkylation sites (tertiary alicyclic amines) is 1. The van der Waals surface area contributed by atoms with E-state index in [2.05, 4.69) is 42.5 Å². The molecule has 1 saturated heterocycles. The summed E-state index contributed by atoms with van der Waals surface area (Å²) in [5.74, 6) is 0.707. The monoisotopic (exact) mass is 419 g/mol. The summed E-state index contributed by atoms with van der Waals surface area (Å²) in [5, 5.41) is 12.0. The molecule has 2 fully saturated rings. The van der Waals surface area contributed by atoms with Crippen LogP contribution in [0, 0.1) is 6.92 Å². The second-order valence-corrected chi connectivity index (χ2v) is 8.76. The van der Waals surface area contributed by atoms with E-state index in [1.54, 1.807) is 6.20 Å². The zero-order valence-electron chi connectivity index (χ0n) is 18.0. The van der Waals surface area contributed by atoms with Gasteiger partial charge < -0.3 is 9.88 Å². The van der Waals surface area contributed by atoms with Crippen molar-refractivity contribution in [2.45, 2.75) is 57.8 Å². The van der Waals surface area contributed by atoms with Gasteiger partial charge in [0.05, 0.1) is 11.8 Å². The van der Waals surface area contributed by atoms with Crippen molar-refractivity contribution in [2.75, 3.05) is 19.6 Å². The first-order valence-electron chi connectivity index (χ1n) is 11.4. The topological polar surface area (TPSA) is 99.2 Å². The summed E-state index contributed by atoms with van der Waals surface area (Å²) in [6, 6.07) is 0. The Kier molecular flexibility index (Phi) is 5.63. The molecule has 2 aromatic rings. The van der Waals surface area contributed by atoms with Gasteiger partial charge in [0.1, 0.15) is 5.71 Å². The Bertz CT molecular complexity index is 1010. The molecule has 0 spiro atoms.